The maximum Gasteiger partial charge on any atom is 0.253 e. The molecule has 0 aromatic rings. The number of imide groups is 1. The van der Waals surface area contributed by atoms with E-state index in [1.54, 1.807) is 12.0 Å². The van der Waals surface area contributed by atoms with Crippen molar-refractivity contribution in [1.82, 2.24) is 20.0 Å². The van der Waals surface area contributed by atoms with Crippen LogP contribution in [0, 0.1) is 5.92 Å². The lowest BCUT2D eigenvalue weighted by atomic mass is 9.98. The number of ether oxygens (including phenoxy) is 2. The summed E-state index contributed by atoms with van der Waals surface area (Å²) in [7, 11) is 1.69. The SMILES string of the molecule is CCC(OCCC(C)(C)OC)C(C)CCNC(=O)CN(CCN1C(=O)C=CC1=O)CCN1C(=O)C=CC1(C)O. The van der Waals surface area contributed by atoms with E-state index in [1.807, 2.05) is 13.8 Å². The number of rotatable bonds is 18. The highest BCUT2D eigenvalue weighted by atomic mass is 16.5. The Balaban J connectivity index is 1.85. The predicted molar refractivity (Wildman–Crippen MR) is 146 cm³/mol. The first-order chi connectivity index (χ1) is 18.3. The van der Waals surface area contributed by atoms with E-state index in [-0.39, 0.29) is 62.2 Å². The van der Waals surface area contributed by atoms with E-state index in [0.717, 1.165) is 24.2 Å². The van der Waals surface area contributed by atoms with Crippen molar-refractivity contribution in [2.75, 3.05) is 53.0 Å². The van der Waals surface area contributed by atoms with Gasteiger partial charge in [-0.05, 0) is 52.0 Å². The molecule has 39 heavy (non-hydrogen) atoms. The number of nitrogens with zero attached hydrogens (tertiary/aromatic N) is 3. The zero-order valence-electron chi connectivity index (χ0n) is 24.3. The fraction of sp³-hybridized carbons (Fsp3) is 0.714. The van der Waals surface area contributed by atoms with Crippen molar-refractivity contribution in [3.63, 3.8) is 0 Å². The summed E-state index contributed by atoms with van der Waals surface area (Å²) >= 11 is 0. The molecule has 0 saturated carbocycles. The van der Waals surface area contributed by atoms with Crippen molar-refractivity contribution in [1.29, 1.82) is 0 Å². The van der Waals surface area contributed by atoms with Crippen LogP contribution in [0.2, 0.25) is 0 Å². The molecule has 3 atom stereocenters. The van der Waals surface area contributed by atoms with Gasteiger partial charge in [-0.1, -0.05) is 13.8 Å². The minimum atomic E-state index is -1.40. The molecular formula is C28H46N4O7. The highest BCUT2D eigenvalue weighted by Gasteiger charge is 2.35. The monoisotopic (exact) mass is 550 g/mol. The minimum Gasteiger partial charge on any atom is -0.379 e. The smallest absolute Gasteiger partial charge is 0.253 e. The Morgan fingerprint density at radius 2 is 1.77 bits per heavy atom. The minimum absolute atomic E-state index is 0.0233. The zero-order valence-corrected chi connectivity index (χ0v) is 24.3. The van der Waals surface area contributed by atoms with Gasteiger partial charge in [0, 0.05) is 64.7 Å². The highest BCUT2D eigenvalue weighted by molar-refractivity contribution is 6.12. The molecule has 11 heteroatoms. The quantitative estimate of drug-likeness (QED) is 0.243. The van der Waals surface area contributed by atoms with Crippen molar-refractivity contribution in [3.05, 3.63) is 24.3 Å². The number of carbonyl (C=O) groups is 4. The van der Waals surface area contributed by atoms with Gasteiger partial charge in [0.05, 0.1) is 18.2 Å². The molecule has 2 aliphatic rings. The summed E-state index contributed by atoms with van der Waals surface area (Å²) in [6.45, 7) is 11.7. The zero-order chi connectivity index (χ0) is 29.2. The molecule has 0 aliphatic carbocycles. The number of nitrogens with one attached hydrogen (secondary N) is 1. The van der Waals surface area contributed by atoms with Crippen LogP contribution in [0.15, 0.2) is 24.3 Å². The Labute approximate surface area is 232 Å². The molecule has 0 bridgehead atoms. The summed E-state index contributed by atoms with van der Waals surface area (Å²) in [5, 5.41) is 13.4. The summed E-state index contributed by atoms with van der Waals surface area (Å²) in [5.74, 6) is -1.05. The van der Waals surface area contributed by atoms with Crippen molar-refractivity contribution >= 4 is 23.6 Å². The number of hydrogen-bond donors (Lipinski definition) is 2. The molecule has 2 aliphatic heterocycles. The summed E-state index contributed by atoms with van der Waals surface area (Å²) in [6.07, 6.45) is 7.66. The molecular weight excluding hydrogens is 504 g/mol. The third-order valence-electron chi connectivity index (χ3n) is 7.45. The highest BCUT2D eigenvalue weighted by Crippen LogP contribution is 2.20. The molecule has 4 amide bonds. The largest absolute Gasteiger partial charge is 0.379 e. The number of carbonyl (C=O) groups excluding carboxylic acids is 4. The van der Waals surface area contributed by atoms with Crippen LogP contribution in [0.3, 0.4) is 0 Å². The van der Waals surface area contributed by atoms with Crippen LogP contribution < -0.4 is 5.32 Å². The summed E-state index contributed by atoms with van der Waals surface area (Å²) in [6, 6.07) is 0. The van der Waals surface area contributed by atoms with Crippen LogP contribution in [-0.4, -0.2) is 114 Å². The lowest BCUT2D eigenvalue weighted by molar-refractivity contribution is -0.139. The number of amides is 4. The fourth-order valence-corrected chi connectivity index (χ4v) is 4.50. The van der Waals surface area contributed by atoms with Gasteiger partial charge in [-0.25, -0.2) is 0 Å². The maximum absolute atomic E-state index is 12.8. The van der Waals surface area contributed by atoms with Gasteiger partial charge in [-0.2, -0.15) is 0 Å². The Morgan fingerprint density at radius 1 is 1.13 bits per heavy atom. The number of aliphatic hydroxyl groups is 1. The van der Waals surface area contributed by atoms with Gasteiger partial charge in [0.25, 0.3) is 11.8 Å². The summed E-state index contributed by atoms with van der Waals surface area (Å²) < 4.78 is 11.5. The van der Waals surface area contributed by atoms with Crippen LogP contribution in [0.4, 0.5) is 0 Å². The second kappa shape index (κ2) is 14.7. The van der Waals surface area contributed by atoms with E-state index in [0.29, 0.717) is 13.2 Å². The lowest BCUT2D eigenvalue weighted by Crippen LogP contribution is -2.50. The standard InChI is InChI=1S/C28H46N4O7/c1-7-22(39-19-13-27(3,4)38-6)21(2)11-14-29-23(33)20-30(15-17-31-24(34)8-9-25(31)35)16-18-32-26(36)10-12-28(32,5)37/h8-10,12,21-22,37H,7,11,13-20H2,1-6H3,(H,29,33). The van der Waals surface area contributed by atoms with E-state index in [1.165, 1.54) is 36.1 Å². The van der Waals surface area contributed by atoms with Crippen molar-refractivity contribution < 1.29 is 33.8 Å². The number of methoxy groups -OCH3 is 1. The lowest BCUT2D eigenvalue weighted by Gasteiger charge is -2.32. The average molecular weight is 551 g/mol. The molecule has 0 aromatic heterocycles. The third-order valence-corrected chi connectivity index (χ3v) is 7.45. The molecule has 0 radical (unpaired) electrons. The predicted octanol–water partition coefficient (Wildman–Crippen LogP) is 1.07. The van der Waals surface area contributed by atoms with Gasteiger partial charge >= 0.3 is 0 Å². The van der Waals surface area contributed by atoms with E-state index >= 15 is 0 Å². The molecule has 3 unspecified atom stereocenters. The fourth-order valence-electron chi connectivity index (χ4n) is 4.50. The van der Waals surface area contributed by atoms with Gasteiger partial charge in [-0.15, -0.1) is 0 Å². The average Bonchev–Trinajstić information content (AvgIpc) is 3.33. The van der Waals surface area contributed by atoms with E-state index in [9.17, 15) is 24.3 Å². The molecule has 220 valence electrons. The molecule has 2 rings (SSSR count). The summed E-state index contributed by atoms with van der Waals surface area (Å²) in [5.41, 5.74) is -1.63. The van der Waals surface area contributed by atoms with Gasteiger partial charge in [-0.3, -0.25) is 29.0 Å². The molecule has 2 heterocycles. The van der Waals surface area contributed by atoms with Gasteiger partial charge in [0.2, 0.25) is 11.8 Å². The van der Waals surface area contributed by atoms with E-state index in [2.05, 4.69) is 19.2 Å². The van der Waals surface area contributed by atoms with Gasteiger partial charge in [0.1, 0.15) is 0 Å². The van der Waals surface area contributed by atoms with Crippen LogP contribution in [-0.2, 0) is 28.7 Å². The van der Waals surface area contributed by atoms with E-state index in [4.69, 9.17) is 9.47 Å². The first kappa shape index (κ1) is 32.6. The topological polar surface area (TPSA) is 129 Å². The first-order valence-corrected chi connectivity index (χ1v) is 13.7. The van der Waals surface area contributed by atoms with Crippen LogP contribution in [0.5, 0.6) is 0 Å². The Kier molecular flexibility index (Phi) is 12.3. The van der Waals surface area contributed by atoms with Crippen molar-refractivity contribution in [2.45, 2.75) is 71.3 Å². The van der Waals surface area contributed by atoms with E-state index < -0.39 is 17.5 Å². The Bertz CT molecular complexity index is 913. The summed E-state index contributed by atoms with van der Waals surface area (Å²) in [4.78, 5) is 53.0. The molecule has 2 N–H and O–H groups in total. The maximum atomic E-state index is 12.8. The molecule has 0 fully saturated rings. The molecule has 11 nitrogen and oxygen atoms in total. The first-order valence-electron chi connectivity index (χ1n) is 13.7. The number of hydrogen-bond acceptors (Lipinski definition) is 8. The van der Waals surface area contributed by atoms with Crippen molar-refractivity contribution in [3.8, 4) is 0 Å². The van der Waals surface area contributed by atoms with Gasteiger partial charge in [0.15, 0.2) is 5.72 Å². The van der Waals surface area contributed by atoms with Crippen LogP contribution in [0.25, 0.3) is 0 Å². The second-order valence-electron chi connectivity index (χ2n) is 11.0. The third kappa shape index (κ3) is 10.1. The Morgan fingerprint density at radius 3 is 2.33 bits per heavy atom. The van der Waals surface area contributed by atoms with Crippen molar-refractivity contribution in [2.24, 2.45) is 5.92 Å². The van der Waals surface area contributed by atoms with Crippen LogP contribution >= 0.6 is 0 Å². The van der Waals surface area contributed by atoms with Crippen LogP contribution in [0.1, 0.15) is 53.9 Å². The normalized spacial score (nSPS) is 21.0. The Hall–Kier alpha value is -2.60. The molecule has 0 aromatic carbocycles. The molecule has 0 saturated heterocycles. The second-order valence-corrected chi connectivity index (χ2v) is 11.0. The molecule has 0 spiro atoms. The van der Waals surface area contributed by atoms with Gasteiger partial charge < -0.3 is 24.8 Å².